The van der Waals surface area contributed by atoms with E-state index in [2.05, 4.69) is 31.4 Å². The minimum atomic E-state index is -0.564. The molecule has 0 aliphatic rings. The third-order valence-electron chi connectivity index (χ3n) is 4.35. The van der Waals surface area contributed by atoms with Crippen molar-refractivity contribution in [2.45, 2.75) is 45.6 Å². The van der Waals surface area contributed by atoms with E-state index in [1.165, 1.54) is 6.92 Å². The predicted molar refractivity (Wildman–Crippen MR) is 112 cm³/mol. The van der Waals surface area contributed by atoms with E-state index >= 15 is 0 Å². The quantitative estimate of drug-likeness (QED) is 0.699. The summed E-state index contributed by atoms with van der Waals surface area (Å²) >= 11 is 0. The van der Waals surface area contributed by atoms with Gasteiger partial charge < -0.3 is 15.4 Å². The first-order valence-corrected chi connectivity index (χ1v) is 9.53. The van der Waals surface area contributed by atoms with Gasteiger partial charge >= 0.3 is 5.97 Å². The van der Waals surface area contributed by atoms with Crippen LogP contribution in [-0.2, 0) is 24.5 Å². The van der Waals surface area contributed by atoms with E-state index in [9.17, 15) is 14.4 Å². The Morgan fingerprint density at radius 1 is 0.966 bits per heavy atom. The third kappa shape index (κ3) is 7.41. The van der Waals surface area contributed by atoms with Crippen LogP contribution in [0.25, 0.3) is 0 Å². The molecule has 29 heavy (non-hydrogen) atoms. The second-order valence-corrected chi connectivity index (χ2v) is 7.90. The van der Waals surface area contributed by atoms with Crippen molar-refractivity contribution in [2.75, 3.05) is 11.9 Å². The lowest BCUT2D eigenvalue weighted by molar-refractivity contribution is -0.148. The summed E-state index contributed by atoms with van der Waals surface area (Å²) in [5, 5.41) is 5.44. The Morgan fingerprint density at radius 3 is 2.14 bits per heavy atom. The van der Waals surface area contributed by atoms with Gasteiger partial charge in [-0.05, 0) is 28.7 Å². The van der Waals surface area contributed by atoms with Crippen LogP contribution in [0.15, 0.2) is 54.6 Å². The molecule has 2 aromatic carbocycles. The minimum absolute atomic E-state index is 0.0290. The number of benzene rings is 2. The molecule has 6 nitrogen and oxygen atoms in total. The molecule has 0 spiro atoms. The average molecular weight is 396 g/mol. The normalized spacial score (nSPS) is 12.0. The molecule has 2 rings (SSSR count). The molecule has 2 aromatic rings. The first-order valence-electron chi connectivity index (χ1n) is 9.53. The van der Waals surface area contributed by atoms with Crippen molar-refractivity contribution < 1.29 is 19.1 Å². The second kappa shape index (κ2) is 9.87. The Morgan fingerprint density at radius 2 is 1.59 bits per heavy atom. The van der Waals surface area contributed by atoms with Gasteiger partial charge in [0, 0.05) is 12.6 Å². The first kappa shape index (κ1) is 22.1. The molecule has 0 heterocycles. The molecule has 0 radical (unpaired) electrons. The zero-order valence-electron chi connectivity index (χ0n) is 17.3. The summed E-state index contributed by atoms with van der Waals surface area (Å²) in [6.45, 7) is 7.35. The fourth-order valence-corrected chi connectivity index (χ4v) is 2.81. The lowest BCUT2D eigenvalue weighted by atomic mass is 9.87. The number of hydrogen-bond donors (Lipinski definition) is 2. The maximum atomic E-state index is 12.2. The molecule has 0 saturated carbocycles. The van der Waals surface area contributed by atoms with E-state index in [-0.39, 0.29) is 24.3 Å². The summed E-state index contributed by atoms with van der Waals surface area (Å²) in [7, 11) is 0. The molecule has 154 valence electrons. The SMILES string of the molecule is CC(=O)N[C@@H](CC(=O)OCC(=O)Nc1ccc(C(C)(C)C)cc1)c1ccccc1. The van der Waals surface area contributed by atoms with E-state index in [1.807, 2.05) is 54.6 Å². The van der Waals surface area contributed by atoms with Gasteiger partial charge in [-0.15, -0.1) is 0 Å². The van der Waals surface area contributed by atoms with Gasteiger partial charge in [0.05, 0.1) is 12.5 Å². The standard InChI is InChI=1S/C23H28N2O4/c1-16(26)24-20(17-8-6-5-7-9-17)14-22(28)29-15-21(27)25-19-12-10-18(11-13-19)23(2,3)4/h5-13,20H,14-15H2,1-4H3,(H,24,26)(H,25,27)/t20-/m0/s1. The zero-order valence-corrected chi connectivity index (χ0v) is 17.3. The molecule has 0 unspecified atom stereocenters. The molecule has 1 atom stereocenters. The Labute approximate surface area is 171 Å². The smallest absolute Gasteiger partial charge is 0.308 e. The van der Waals surface area contributed by atoms with E-state index in [0.29, 0.717) is 5.69 Å². The Balaban J connectivity index is 1.87. The molecule has 6 heteroatoms. The van der Waals surface area contributed by atoms with Gasteiger partial charge in [-0.25, -0.2) is 0 Å². The van der Waals surface area contributed by atoms with Crippen molar-refractivity contribution in [1.29, 1.82) is 0 Å². The monoisotopic (exact) mass is 396 g/mol. The van der Waals surface area contributed by atoms with Crippen molar-refractivity contribution in [1.82, 2.24) is 5.32 Å². The van der Waals surface area contributed by atoms with Crippen LogP contribution >= 0.6 is 0 Å². The van der Waals surface area contributed by atoms with E-state index in [0.717, 1.165) is 11.1 Å². The van der Waals surface area contributed by atoms with Crippen LogP contribution in [0.2, 0.25) is 0 Å². The largest absolute Gasteiger partial charge is 0.455 e. The molecular formula is C23H28N2O4. The van der Waals surface area contributed by atoms with Gasteiger partial charge in [0.15, 0.2) is 6.61 Å². The summed E-state index contributed by atoms with van der Waals surface area (Å²) in [6.07, 6.45) is -0.0584. The number of carbonyl (C=O) groups is 3. The number of carbonyl (C=O) groups excluding carboxylic acids is 3. The van der Waals surface area contributed by atoms with Crippen molar-refractivity contribution in [3.8, 4) is 0 Å². The van der Waals surface area contributed by atoms with Crippen molar-refractivity contribution in [2.24, 2.45) is 0 Å². The lowest BCUT2D eigenvalue weighted by Crippen LogP contribution is -2.29. The number of rotatable bonds is 7. The highest BCUT2D eigenvalue weighted by atomic mass is 16.5. The van der Waals surface area contributed by atoms with Gasteiger partial charge in [-0.3, -0.25) is 14.4 Å². The van der Waals surface area contributed by atoms with Crippen LogP contribution < -0.4 is 10.6 Å². The fraction of sp³-hybridized carbons (Fsp3) is 0.348. The van der Waals surface area contributed by atoms with Crippen LogP contribution in [-0.4, -0.2) is 24.4 Å². The predicted octanol–water partition coefficient (Wildman–Crippen LogP) is 3.73. The summed E-state index contributed by atoms with van der Waals surface area (Å²) in [6, 6.07) is 16.2. The van der Waals surface area contributed by atoms with Gasteiger partial charge in [0.1, 0.15) is 0 Å². The lowest BCUT2D eigenvalue weighted by Gasteiger charge is -2.19. The summed E-state index contributed by atoms with van der Waals surface area (Å²) in [5.74, 6) is -1.23. The molecule has 0 aliphatic carbocycles. The second-order valence-electron chi connectivity index (χ2n) is 7.90. The van der Waals surface area contributed by atoms with E-state index in [4.69, 9.17) is 4.74 Å². The van der Waals surface area contributed by atoms with Gasteiger partial charge in [0.25, 0.3) is 5.91 Å². The van der Waals surface area contributed by atoms with Crippen LogP contribution in [0, 0.1) is 0 Å². The molecular weight excluding hydrogens is 368 g/mol. The molecule has 0 bridgehead atoms. The number of amides is 2. The molecule has 2 N–H and O–H groups in total. The van der Waals surface area contributed by atoms with Crippen LogP contribution in [0.3, 0.4) is 0 Å². The van der Waals surface area contributed by atoms with Gasteiger partial charge in [-0.1, -0.05) is 63.2 Å². The molecule has 0 aromatic heterocycles. The Kier molecular flexibility index (Phi) is 7.53. The number of anilines is 1. The highest BCUT2D eigenvalue weighted by molar-refractivity contribution is 5.92. The summed E-state index contributed by atoms with van der Waals surface area (Å²) in [4.78, 5) is 35.7. The fourth-order valence-electron chi connectivity index (χ4n) is 2.81. The van der Waals surface area contributed by atoms with Gasteiger partial charge in [-0.2, -0.15) is 0 Å². The Hall–Kier alpha value is -3.15. The van der Waals surface area contributed by atoms with Crippen molar-refractivity contribution in [3.05, 3.63) is 65.7 Å². The molecule has 0 aliphatic heterocycles. The summed E-state index contributed by atoms with van der Waals surface area (Å²) < 4.78 is 5.09. The van der Waals surface area contributed by atoms with E-state index < -0.39 is 17.9 Å². The van der Waals surface area contributed by atoms with Crippen LogP contribution in [0.4, 0.5) is 5.69 Å². The van der Waals surface area contributed by atoms with Crippen molar-refractivity contribution in [3.63, 3.8) is 0 Å². The minimum Gasteiger partial charge on any atom is -0.455 e. The van der Waals surface area contributed by atoms with Crippen molar-refractivity contribution >= 4 is 23.5 Å². The topological polar surface area (TPSA) is 84.5 Å². The highest BCUT2D eigenvalue weighted by Gasteiger charge is 2.19. The molecule has 0 saturated heterocycles. The Bertz CT molecular complexity index is 839. The summed E-state index contributed by atoms with van der Waals surface area (Å²) in [5.41, 5.74) is 2.62. The third-order valence-corrected chi connectivity index (χ3v) is 4.35. The van der Waals surface area contributed by atoms with E-state index in [1.54, 1.807) is 0 Å². The zero-order chi connectivity index (χ0) is 21.4. The number of ether oxygens (including phenoxy) is 1. The number of nitrogens with one attached hydrogen (secondary N) is 2. The van der Waals surface area contributed by atoms with Gasteiger partial charge in [0.2, 0.25) is 5.91 Å². The molecule has 2 amide bonds. The van der Waals surface area contributed by atoms with Crippen LogP contribution in [0.5, 0.6) is 0 Å². The van der Waals surface area contributed by atoms with Crippen LogP contribution in [0.1, 0.15) is 51.3 Å². The maximum Gasteiger partial charge on any atom is 0.308 e. The first-order chi connectivity index (χ1) is 13.6. The maximum absolute atomic E-state index is 12.2. The molecule has 0 fully saturated rings. The number of esters is 1. The number of hydrogen-bond acceptors (Lipinski definition) is 4. The highest BCUT2D eigenvalue weighted by Crippen LogP contribution is 2.23. The average Bonchev–Trinajstić information content (AvgIpc) is 2.66.